The summed E-state index contributed by atoms with van der Waals surface area (Å²) in [5, 5.41) is 6.98. The van der Waals surface area contributed by atoms with Crippen LogP contribution in [-0.2, 0) is 17.8 Å². The molecule has 1 atom stereocenters. The first-order valence-corrected chi connectivity index (χ1v) is 11.9. The van der Waals surface area contributed by atoms with Gasteiger partial charge in [-0.3, -0.25) is 4.90 Å². The molecule has 0 radical (unpaired) electrons. The summed E-state index contributed by atoms with van der Waals surface area (Å²) in [6.45, 7) is 15.4. The number of nitrogens with zero attached hydrogens (tertiary/aromatic N) is 3. The highest BCUT2D eigenvalue weighted by molar-refractivity contribution is 14.0. The molecule has 2 saturated heterocycles. The van der Waals surface area contributed by atoms with Crippen molar-refractivity contribution in [2.75, 3.05) is 59.0 Å². The van der Waals surface area contributed by atoms with Gasteiger partial charge in [-0.15, -0.1) is 24.0 Å². The third kappa shape index (κ3) is 9.63. The number of morpholine rings is 1. The van der Waals surface area contributed by atoms with E-state index < -0.39 is 0 Å². The van der Waals surface area contributed by atoms with Crippen LogP contribution >= 0.6 is 24.0 Å². The number of piperidine rings is 1. The van der Waals surface area contributed by atoms with Gasteiger partial charge in [0.2, 0.25) is 0 Å². The van der Waals surface area contributed by atoms with Gasteiger partial charge in [0.15, 0.2) is 5.96 Å². The number of ether oxygens (including phenoxy) is 1. The number of likely N-dealkylation sites (tertiary alicyclic amines) is 1. The van der Waals surface area contributed by atoms with Crippen LogP contribution in [0.15, 0.2) is 29.3 Å². The summed E-state index contributed by atoms with van der Waals surface area (Å²) in [5.74, 6) is 1.53. The zero-order valence-corrected chi connectivity index (χ0v) is 21.8. The first-order valence-electron chi connectivity index (χ1n) is 11.9. The average molecular weight is 544 g/mol. The molecule has 2 aliphatic heterocycles. The van der Waals surface area contributed by atoms with E-state index in [1.54, 1.807) is 0 Å². The smallest absolute Gasteiger partial charge is 0.191 e. The fraction of sp³-hybridized carbons (Fsp3) is 0.708. The Hall–Kier alpha value is -0.900. The Morgan fingerprint density at radius 2 is 1.71 bits per heavy atom. The minimum absolute atomic E-state index is 0. The summed E-state index contributed by atoms with van der Waals surface area (Å²) in [4.78, 5) is 9.98. The van der Waals surface area contributed by atoms with E-state index in [0.29, 0.717) is 12.5 Å². The van der Waals surface area contributed by atoms with Crippen molar-refractivity contribution >= 4 is 29.9 Å². The quantitative estimate of drug-likeness (QED) is 0.285. The zero-order valence-electron chi connectivity index (χ0n) is 19.4. The Balaban J connectivity index is 0.00000341. The molecule has 176 valence electrons. The van der Waals surface area contributed by atoms with Gasteiger partial charge in [0.25, 0.3) is 0 Å². The standard InChI is InChI=1S/C24H41N5O.HI/c1-3-25-24(26-17-21(2)19-28-11-7-4-8-12-28)27-18-22-9-5-6-10-23(22)20-29-13-15-30-16-14-29;/h5-6,9-10,21H,3-4,7-8,11-20H2,1-2H3,(H2,25,26,27);1H. The second-order valence-corrected chi connectivity index (χ2v) is 8.70. The maximum absolute atomic E-state index is 5.48. The Labute approximate surface area is 206 Å². The number of aliphatic imine (C=N–C) groups is 1. The lowest BCUT2D eigenvalue weighted by molar-refractivity contribution is 0.0341. The molecule has 1 unspecified atom stereocenters. The fourth-order valence-corrected chi connectivity index (χ4v) is 4.29. The van der Waals surface area contributed by atoms with Gasteiger partial charge >= 0.3 is 0 Å². The molecular weight excluding hydrogens is 501 g/mol. The predicted octanol–water partition coefficient (Wildman–Crippen LogP) is 3.31. The van der Waals surface area contributed by atoms with Gasteiger partial charge in [0.05, 0.1) is 19.8 Å². The molecule has 7 heteroatoms. The molecule has 1 aromatic carbocycles. The monoisotopic (exact) mass is 543 g/mol. The summed E-state index contributed by atoms with van der Waals surface area (Å²) in [6, 6.07) is 8.70. The van der Waals surface area contributed by atoms with Crippen LogP contribution in [0, 0.1) is 5.92 Å². The van der Waals surface area contributed by atoms with Gasteiger partial charge in [-0.25, -0.2) is 4.99 Å². The van der Waals surface area contributed by atoms with E-state index in [1.165, 1.54) is 50.0 Å². The topological polar surface area (TPSA) is 52.1 Å². The van der Waals surface area contributed by atoms with Gasteiger partial charge < -0.3 is 20.3 Å². The molecule has 2 N–H and O–H groups in total. The van der Waals surface area contributed by atoms with Crippen molar-refractivity contribution in [1.29, 1.82) is 0 Å². The van der Waals surface area contributed by atoms with Gasteiger partial charge in [-0.05, 0) is 49.9 Å². The molecule has 0 aliphatic carbocycles. The maximum Gasteiger partial charge on any atom is 0.191 e. The number of rotatable bonds is 9. The first kappa shape index (κ1) is 26.4. The van der Waals surface area contributed by atoms with Crippen molar-refractivity contribution in [3.8, 4) is 0 Å². The molecule has 2 aliphatic rings. The van der Waals surface area contributed by atoms with Crippen molar-refractivity contribution in [2.24, 2.45) is 10.9 Å². The highest BCUT2D eigenvalue weighted by Gasteiger charge is 2.14. The van der Waals surface area contributed by atoms with Crippen LogP contribution in [0.1, 0.15) is 44.2 Å². The van der Waals surface area contributed by atoms with E-state index in [-0.39, 0.29) is 24.0 Å². The van der Waals surface area contributed by atoms with E-state index in [4.69, 9.17) is 9.73 Å². The molecule has 0 amide bonds. The summed E-state index contributed by atoms with van der Waals surface area (Å²) >= 11 is 0. The van der Waals surface area contributed by atoms with Gasteiger partial charge in [0, 0.05) is 39.3 Å². The lowest BCUT2D eigenvalue weighted by Gasteiger charge is -2.29. The predicted molar refractivity (Wildman–Crippen MR) is 140 cm³/mol. The first-order chi connectivity index (χ1) is 14.7. The highest BCUT2D eigenvalue weighted by Crippen LogP contribution is 2.14. The van der Waals surface area contributed by atoms with Crippen LogP contribution in [0.4, 0.5) is 0 Å². The van der Waals surface area contributed by atoms with Gasteiger partial charge in [-0.1, -0.05) is 37.6 Å². The number of hydrogen-bond donors (Lipinski definition) is 2. The Bertz CT molecular complexity index is 645. The SMILES string of the molecule is CCNC(=NCc1ccccc1CN1CCOCC1)NCC(C)CN1CCCCC1.I. The average Bonchev–Trinajstić information content (AvgIpc) is 2.78. The van der Waals surface area contributed by atoms with Crippen LogP contribution in [0.3, 0.4) is 0 Å². The second kappa shape index (κ2) is 15.0. The van der Waals surface area contributed by atoms with Crippen LogP contribution in [0.2, 0.25) is 0 Å². The maximum atomic E-state index is 5.48. The molecule has 6 nitrogen and oxygen atoms in total. The number of guanidine groups is 1. The van der Waals surface area contributed by atoms with E-state index in [2.05, 4.69) is 58.5 Å². The van der Waals surface area contributed by atoms with Crippen molar-refractivity contribution in [2.45, 2.75) is 46.2 Å². The third-order valence-electron chi connectivity index (χ3n) is 6.00. The molecular formula is C24H42IN5O. The minimum Gasteiger partial charge on any atom is -0.379 e. The molecule has 3 rings (SSSR count). The van der Waals surface area contributed by atoms with Crippen molar-refractivity contribution < 1.29 is 4.74 Å². The highest BCUT2D eigenvalue weighted by atomic mass is 127. The molecule has 31 heavy (non-hydrogen) atoms. The van der Waals surface area contributed by atoms with Gasteiger partial charge in [0.1, 0.15) is 0 Å². The molecule has 2 heterocycles. The zero-order chi connectivity index (χ0) is 21.0. The lowest BCUT2D eigenvalue weighted by atomic mass is 10.1. The largest absolute Gasteiger partial charge is 0.379 e. The van der Waals surface area contributed by atoms with Crippen LogP contribution in [-0.4, -0.2) is 74.8 Å². The molecule has 0 aromatic heterocycles. The van der Waals surface area contributed by atoms with Gasteiger partial charge in [-0.2, -0.15) is 0 Å². The molecule has 1 aromatic rings. The number of nitrogens with one attached hydrogen (secondary N) is 2. The number of halogens is 1. The summed E-state index contributed by atoms with van der Waals surface area (Å²) < 4.78 is 5.48. The second-order valence-electron chi connectivity index (χ2n) is 8.70. The van der Waals surface area contributed by atoms with E-state index in [9.17, 15) is 0 Å². The third-order valence-corrected chi connectivity index (χ3v) is 6.00. The van der Waals surface area contributed by atoms with Crippen LogP contribution < -0.4 is 10.6 Å². The summed E-state index contributed by atoms with van der Waals surface area (Å²) in [6.07, 6.45) is 4.11. The van der Waals surface area contributed by atoms with Crippen molar-refractivity contribution in [3.63, 3.8) is 0 Å². The molecule has 0 spiro atoms. The Morgan fingerprint density at radius 1 is 1.00 bits per heavy atom. The molecule has 0 saturated carbocycles. The Morgan fingerprint density at radius 3 is 2.42 bits per heavy atom. The van der Waals surface area contributed by atoms with Crippen LogP contribution in [0.5, 0.6) is 0 Å². The summed E-state index contributed by atoms with van der Waals surface area (Å²) in [7, 11) is 0. The minimum atomic E-state index is 0. The van der Waals surface area contributed by atoms with Crippen molar-refractivity contribution in [1.82, 2.24) is 20.4 Å². The van der Waals surface area contributed by atoms with E-state index in [0.717, 1.165) is 51.9 Å². The normalized spacial score (nSPS) is 19.5. The van der Waals surface area contributed by atoms with E-state index >= 15 is 0 Å². The molecule has 0 bridgehead atoms. The fourth-order valence-electron chi connectivity index (χ4n) is 4.29. The Kier molecular flexibility index (Phi) is 12.8. The van der Waals surface area contributed by atoms with E-state index in [1.807, 2.05) is 0 Å². The van der Waals surface area contributed by atoms with Crippen LogP contribution in [0.25, 0.3) is 0 Å². The summed E-state index contributed by atoms with van der Waals surface area (Å²) in [5.41, 5.74) is 2.68. The lowest BCUT2D eigenvalue weighted by Crippen LogP contribution is -2.42. The number of benzene rings is 1. The number of hydrogen-bond acceptors (Lipinski definition) is 4. The molecule has 2 fully saturated rings. The van der Waals surface area contributed by atoms with Crippen molar-refractivity contribution in [3.05, 3.63) is 35.4 Å².